The fourth-order valence-electron chi connectivity index (χ4n) is 2.14. The van der Waals surface area contributed by atoms with Crippen LogP contribution in [0.5, 0.6) is 11.5 Å². The van der Waals surface area contributed by atoms with Gasteiger partial charge < -0.3 is 15.2 Å². The molecule has 10 heteroatoms. The Morgan fingerprint density at radius 2 is 2.04 bits per heavy atom. The number of nitrogens with zero attached hydrogens (tertiary/aromatic N) is 2. The Kier molecular flexibility index (Phi) is 6.05. The van der Waals surface area contributed by atoms with Crippen LogP contribution in [-0.2, 0) is 4.79 Å². The number of amides is 2. The van der Waals surface area contributed by atoms with E-state index in [1.54, 1.807) is 12.1 Å². The minimum atomic E-state index is -0.647. The van der Waals surface area contributed by atoms with Gasteiger partial charge in [-0.1, -0.05) is 6.07 Å². The third kappa shape index (κ3) is 5.01. The second kappa shape index (κ2) is 8.43. The van der Waals surface area contributed by atoms with Crippen molar-refractivity contribution < 1.29 is 24.4 Å². The van der Waals surface area contributed by atoms with Gasteiger partial charge in [-0.25, -0.2) is 5.43 Å². The summed E-state index contributed by atoms with van der Waals surface area (Å²) in [5, 5.41) is 27.2. The number of aromatic hydroxyl groups is 1. The molecule has 0 radical (unpaired) electrons. The molecule has 0 aromatic heterocycles. The maximum atomic E-state index is 12.1. The van der Waals surface area contributed by atoms with E-state index in [0.29, 0.717) is 5.69 Å². The zero-order valence-electron chi connectivity index (χ0n) is 14.4. The number of benzene rings is 2. The highest BCUT2D eigenvalue weighted by molar-refractivity contribution is 5.97. The molecule has 0 fully saturated rings. The van der Waals surface area contributed by atoms with Crippen molar-refractivity contribution >= 4 is 29.4 Å². The molecule has 0 saturated heterocycles. The standard InChI is InChI=1S/C17H16N4O6/c1-10(22)19-13-5-3-4-11(6-13)17(24)20-18-9-12-7-14(21(25)26)8-15(27-2)16(12)23/h3-9,23H,1-2H3,(H,19,22)(H,20,24)/b18-9+. The third-order valence-electron chi connectivity index (χ3n) is 3.33. The smallest absolute Gasteiger partial charge is 0.274 e. The molecular formula is C17H16N4O6. The van der Waals surface area contributed by atoms with E-state index in [1.165, 1.54) is 26.2 Å². The van der Waals surface area contributed by atoms with E-state index in [-0.39, 0.29) is 34.2 Å². The van der Waals surface area contributed by atoms with E-state index in [0.717, 1.165) is 18.3 Å². The Morgan fingerprint density at radius 1 is 1.30 bits per heavy atom. The number of phenols is 1. The lowest BCUT2D eigenvalue weighted by atomic mass is 10.1. The van der Waals surface area contributed by atoms with Gasteiger partial charge in [-0.3, -0.25) is 19.7 Å². The number of phenolic OH excluding ortho intramolecular Hbond substituents is 1. The Labute approximate surface area is 153 Å². The van der Waals surface area contributed by atoms with Crippen molar-refractivity contribution in [2.24, 2.45) is 5.10 Å². The summed E-state index contributed by atoms with van der Waals surface area (Å²) in [6.07, 6.45) is 1.06. The lowest BCUT2D eigenvalue weighted by molar-refractivity contribution is -0.385. The van der Waals surface area contributed by atoms with Crippen molar-refractivity contribution in [2.75, 3.05) is 12.4 Å². The van der Waals surface area contributed by atoms with Crippen LogP contribution < -0.4 is 15.5 Å². The van der Waals surface area contributed by atoms with Gasteiger partial charge in [0.15, 0.2) is 11.5 Å². The lowest BCUT2D eigenvalue weighted by Crippen LogP contribution is -2.18. The number of non-ortho nitro benzene ring substituents is 1. The number of hydrazone groups is 1. The maximum absolute atomic E-state index is 12.1. The molecule has 10 nitrogen and oxygen atoms in total. The number of hydrogen-bond acceptors (Lipinski definition) is 7. The average Bonchev–Trinajstić information content (AvgIpc) is 2.62. The lowest BCUT2D eigenvalue weighted by Gasteiger charge is -2.06. The zero-order chi connectivity index (χ0) is 20.0. The topological polar surface area (TPSA) is 143 Å². The summed E-state index contributed by atoms with van der Waals surface area (Å²) >= 11 is 0. The molecule has 2 amide bonds. The Hall–Kier alpha value is -3.95. The molecule has 0 aliphatic carbocycles. The number of carbonyl (C=O) groups is 2. The molecule has 2 rings (SSSR count). The molecule has 2 aromatic rings. The van der Waals surface area contributed by atoms with Crippen LogP contribution in [0.4, 0.5) is 11.4 Å². The molecular weight excluding hydrogens is 356 g/mol. The van der Waals surface area contributed by atoms with Crippen LogP contribution in [0.25, 0.3) is 0 Å². The van der Waals surface area contributed by atoms with Crippen LogP contribution >= 0.6 is 0 Å². The van der Waals surface area contributed by atoms with Gasteiger partial charge >= 0.3 is 0 Å². The van der Waals surface area contributed by atoms with E-state index in [4.69, 9.17) is 4.74 Å². The first kappa shape index (κ1) is 19.4. The molecule has 0 aliphatic heterocycles. The van der Waals surface area contributed by atoms with Crippen LogP contribution in [0.2, 0.25) is 0 Å². The van der Waals surface area contributed by atoms with Crippen LogP contribution in [0.1, 0.15) is 22.8 Å². The van der Waals surface area contributed by atoms with Crippen molar-refractivity contribution in [2.45, 2.75) is 6.92 Å². The summed E-state index contributed by atoms with van der Waals surface area (Å²) in [5.74, 6) is -1.30. The quantitative estimate of drug-likeness (QED) is 0.402. The first-order chi connectivity index (χ1) is 12.8. The number of carbonyl (C=O) groups excluding carboxylic acids is 2. The number of methoxy groups -OCH3 is 1. The Bertz CT molecular complexity index is 926. The van der Waals surface area contributed by atoms with E-state index >= 15 is 0 Å². The second-order valence-electron chi connectivity index (χ2n) is 5.30. The second-order valence-corrected chi connectivity index (χ2v) is 5.30. The molecule has 2 aromatic carbocycles. The van der Waals surface area contributed by atoms with E-state index in [1.807, 2.05) is 0 Å². The summed E-state index contributed by atoms with van der Waals surface area (Å²) < 4.78 is 4.88. The fraction of sp³-hybridized carbons (Fsp3) is 0.118. The van der Waals surface area contributed by atoms with Crippen LogP contribution in [0.3, 0.4) is 0 Å². The first-order valence-corrected chi connectivity index (χ1v) is 7.58. The molecule has 140 valence electrons. The van der Waals surface area contributed by atoms with Crippen molar-refractivity contribution in [3.05, 3.63) is 57.6 Å². The minimum absolute atomic E-state index is 0.00616. The van der Waals surface area contributed by atoms with Crippen LogP contribution in [0, 0.1) is 10.1 Å². The summed E-state index contributed by atoms with van der Waals surface area (Å²) in [6.45, 7) is 1.34. The molecule has 0 bridgehead atoms. The highest BCUT2D eigenvalue weighted by Crippen LogP contribution is 2.33. The monoisotopic (exact) mass is 372 g/mol. The Balaban J connectivity index is 2.17. The van der Waals surface area contributed by atoms with Crippen molar-refractivity contribution in [1.29, 1.82) is 0 Å². The average molecular weight is 372 g/mol. The summed E-state index contributed by atoms with van der Waals surface area (Å²) in [7, 11) is 1.25. The molecule has 0 heterocycles. The third-order valence-corrected chi connectivity index (χ3v) is 3.33. The normalized spacial score (nSPS) is 10.4. The summed E-state index contributed by atoms with van der Waals surface area (Å²) in [5.41, 5.74) is 2.61. The predicted octanol–water partition coefficient (Wildman–Crippen LogP) is 2.03. The van der Waals surface area contributed by atoms with Gasteiger partial charge in [0.1, 0.15) is 0 Å². The van der Waals surface area contributed by atoms with Crippen molar-refractivity contribution in [3.63, 3.8) is 0 Å². The summed E-state index contributed by atoms with van der Waals surface area (Å²) in [4.78, 5) is 33.5. The fourth-order valence-corrected chi connectivity index (χ4v) is 2.14. The molecule has 27 heavy (non-hydrogen) atoms. The molecule has 3 N–H and O–H groups in total. The van der Waals surface area contributed by atoms with Gasteiger partial charge in [0.2, 0.25) is 5.91 Å². The number of nitrogens with one attached hydrogen (secondary N) is 2. The van der Waals surface area contributed by atoms with E-state index < -0.39 is 10.8 Å². The van der Waals surface area contributed by atoms with E-state index in [9.17, 15) is 24.8 Å². The highest BCUT2D eigenvalue weighted by atomic mass is 16.6. The van der Waals surface area contributed by atoms with Gasteiger partial charge in [-0.15, -0.1) is 0 Å². The van der Waals surface area contributed by atoms with Gasteiger partial charge in [0.25, 0.3) is 11.6 Å². The number of ether oxygens (including phenoxy) is 1. The summed E-state index contributed by atoms with van der Waals surface area (Å²) in [6, 6.07) is 8.34. The van der Waals surface area contributed by atoms with Crippen LogP contribution in [-0.4, -0.2) is 35.2 Å². The van der Waals surface area contributed by atoms with Gasteiger partial charge in [0.05, 0.1) is 24.3 Å². The number of rotatable bonds is 6. The van der Waals surface area contributed by atoms with E-state index in [2.05, 4.69) is 15.8 Å². The van der Waals surface area contributed by atoms with Gasteiger partial charge in [-0.05, 0) is 18.2 Å². The van der Waals surface area contributed by atoms with Gasteiger partial charge in [0, 0.05) is 29.8 Å². The number of nitro benzene ring substituents is 1. The molecule has 0 saturated carbocycles. The maximum Gasteiger partial charge on any atom is 0.274 e. The number of hydrogen-bond donors (Lipinski definition) is 3. The number of anilines is 1. The van der Waals surface area contributed by atoms with Crippen molar-refractivity contribution in [3.8, 4) is 11.5 Å². The minimum Gasteiger partial charge on any atom is -0.504 e. The predicted molar refractivity (Wildman–Crippen MR) is 97.1 cm³/mol. The molecule has 0 aliphatic rings. The molecule has 0 unspecified atom stereocenters. The largest absolute Gasteiger partial charge is 0.504 e. The molecule has 0 atom stereocenters. The van der Waals surface area contributed by atoms with Crippen molar-refractivity contribution in [1.82, 2.24) is 5.43 Å². The van der Waals surface area contributed by atoms with Gasteiger partial charge in [-0.2, -0.15) is 5.10 Å². The van der Waals surface area contributed by atoms with Crippen LogP contribution in [0.15, 0.2) is 41.5 Å². The molecule has 0 spiro atoms. The highest BCUT2D eigenvalue weighted by Gasteiger charge is 2.16. The Morgan fingerprint density at radius 3 is 2.67 bits per heavy atom. The zero-order valence-corrected chi connectivity index (χ0v) is 14.4. The SMILES string of the molecule is COc1cc([N+](=O)[O-])cc(/C=N/NC(=O)c2cccc(NC(C)=O)c2)c1O. The number of nitro groups is 1. The first-order valence-electron chi connectivity index (χ1n) is 7.58.